The van der Waals surface area contributed by atoms with Gasteiger partial charge in [0.2, 0.25) is 0 Å². The van der Waals surface area contributed by atoms with Crippen molar-refractivity contribution in [2.75, 3.05) is 0 Å². The molecule has 0 bridgehead atoms. The number of aldehydes is 1. The van der Waals surface area contributed by atoms with Crippen LogP contribution in [0.1, 0.15) is 23.7 Å². The van der Waals surface area contributed by atoms with Crippen molar-refractivity contribution >= 4 is 6.29 Å². The summed E-state index contributed by atoms with van der Waals surface area (Å²) >= 11 is 0. The molecule has 0 amide bonds. The highest BCUT2D eigenvalue weighted by Gasteiger charge is 2.06. The van der Waals surface area contributed by atoms with Crippen LogP contribution in [0.25, 0.3) is 0 Å². The second kappa shape index (κ2) is 5.43. The Labute approximate surface area is 101 Å². The van der Waals surface area contributed by atoms with Gasteiger partial charge < -0.3 is 4.79 Å². The summed E-state index contributed by atoms with van der Waals surface area (Å²) in [5.74, 6) is 0. The minimum Gasteiger partial charge on any atom is -0.303 e. The first-order chi connectivity index (χ1) is 8.33. The zero-order valence-electron chi connectivity index (χ0n) is 9.97. The van der Waals surface area contributed by atoms with E-state index in [1.807, 2.05) is 29.1 Å². The van der Waals surface area contributed by atoms with E-state index in [-0.39, 0.29) is 0 Å². The van der Waals surface area contributed by atoms with Crippen molar-refractivity contribution in [2.45, 2.75) is 26.3 Å². The van der Waals surface area contributed by atoms with E-state index in [4.69, 9.17) is 0 Å². The van der Waals surface area contributed by atoms with Gasteiger partial charge in [0.15, 0.2) is 0 Å². The van der Waals surface area contributed by atoms with Crippen LogP contribution in [0.5, 0.6) is 0 Å². The highest BCUT2D eigenvalue weighted by atomic mass is 16.1. The monoisotopic (exact) mass is 228 g/mol. The van der Waals surface area contributed by atoms with Crippen LogP contribution >= 0.6 is 0 Å². The van der Waals surface area contributed by atoms with Gasteiger partial charge in [0.1, 0.15) is 6.29 Å². The average Bonchev–Trinajstić information content (AvgIpc) is 2.73. The summed E-state index contributed by atoms with van der Waals surface area (Å²) in [5.41, 5.74) is 3.28. The van der Waals surface area contributed by atoms with E-state index in [9.17, 15) is 4.79 Å². The second-order valence-corrected chi connectivity index (χ2v) is 4.01. The molecule has 17 heavy (non-hydrogen) atoms. The van der Waals surface area contributed by atoms with Crippen LogP contribution < -0.4 is 0 Å². The standard InChI is InChI=1S/C14H16N2O/c1-2-14-13(8-9-17)11-16(15-14)10-12-6-4-3-5-7-12/h3-7,9,11H,2,8,10H2,1H3. The summed E-state index contributed by atoms with van der Waals surface area (Å²) in [6, 6.07) is 10.2. The van der Waals surface area contributed by atoms with Gasteiger partial charge in [-0.1, -0.05) is 37.3 Å². The van der Waals surface area contributed by atoms with E-state index >= 15 is 0 Å². The van der Waals surface area contributed by atoms with Crippen molar-refractivity contribution in [2.24, 2.45) is 0 Å². The van der Waals surface area contributed by atoms with E-state index in [0.717, 1.165) is 30.5 Å². The Morgan fingerprint density at radius 2 is 2.06 bits per heavy atom. The Balaban J connectivity index is 2.19. The molecule has 3 heteroatoms. The third-order valence-corrected chi connectivity index (χ3v) is 2.75. The molecule has 2 rings (SSSR count). The molecule has 1 aromatic heterocycles. The number of hydrogen-bond donors (Lipinski definition) is 0. The van der Waals surface area contributed by atoms with Gasteiger partial charge in [-0.05, 0) is 12.0 Å². The van der Waals surface area contributed by atoms with Gasteiger partial charge in [0.25, 0.3) is 0 Å². The van der Waals surface area contributed by atoms with Gasteiger partial charge >= 0.3 is 0 Å². The van der Waals surface area contributed by atoms with Gasteiger partial charge in [-0.2, -0.15) is 5.10 Å². The molecular formula is C14H16N2O. The molecule has 1 aromatic carbocycles. The van der Waals surface area contributed by atoms with Crippen LogP contribution in [0.4, 0.5) is 0 Å². The zero-order chi connectivity index (χ0) is 12.1. The smallest absolute Gasteiger partial charge is 0.124 e. The molecule has 0 N–H and O–H groups in total. The van der Waals surface area contributed by atoms with Gasteiger partial charge in [0.05, 0.1) is 12.2 Å². The van der Waals surface area contributed by atoms with Gasteiger partial charge in [-0.3, -0.25) is 4.68 Å². The first-order valence-corrected chi connectivity index (χ1v) is 5.86. The topological polar surface area (TPSA) is 34.9 Å². The van der Waals surface area contributed by atoms with Crippen molar-refractivity contribution in [3.63, 3.8) is 0 Å². The first-order valence-electron chi connectivity index (χ1n) is 5.86. The minimum atomic E-state index is 0.456. The number of carbonyl (C=O) groups excluding carboxylic acids is 1. The molecule has 0 spiro atoms. The summed E-state index contributed by atoms with van der Waals surface area (Å²) in [6.07, 6.45) is 4.23. The average molecular weight is 228 g/mol. The van der Waals surface area contributed by atoms with Crippen molar-refractivity contribution in [3.05, 3.63) is 53.3 Å². The predicted molar refractivity (Wildman–Crippen MR) is 66.9 cm³/mol. The number of carbonyl (C=O) groups is 1. The number of nitrogens with zero attached hydrogens (tertiary/aromatic N) is 2. The molecule has 3 nitrogen and oxygen atoms in total. The quantitative estimate of drug-likeness (QED) is 0.736. The maximum Gasteiger partial charge on any atom is 0.124 e. The normalized spacial score (nSPS) is 10.4. The summed E-state index contributed by atoms with van der Waals surface area (Å²) in [4.78, 5) is 10.6. The summed E-state index contributed by atoms with van der Waals surface area (Å²) < 4.78 is 1.91. The largest absolute Gasteiger partial charge is 0.303 e. The van der Waals surface area contributed by atoms with Crippen molar-refractivity contribution < 1.29 is 4.79 Å². The van der Waals surface area contributed by atoms with E-state index in [2.05, 4.69) is 24.2 Å². The predicted octanol–water partition coefficient (Wildman–Crippen LogP) is 2.24. The highest BCUT2D eigenvalue weighted by molar-refractivity contribution is 5.55. The zero-order valence-corrected chi connectivity index (χ0v) is 9.97. The lowest BCUT2D eigenvalue weighted by Crippen LogP contribution is -2.00. The number of aromatic nitrogens is 2. The molecule has 88 valence electrons. The number of hydrogen-bond acceptors (Lipinski definition) is 2. The van der Waals surface area contributed by atoms with Crippen LogP contribution in [0.3, 0.4) is 0 Å². The number of aryl methyl sites for hydroxylation is 1. The van der Waals surface area contributed by atoms with Crippen LogP contribution in [0.15, 0.2) is 36.5 Å². The van der Waals surface area contributed by atoms with E-state index in [0.29, 0.717) is 6.42 Å². The molecular weight excluding hydrogens is 212 g/mol. The molecule has 0 aliphatic carbocycles. The third-order valence-electron chi connectivity index (χ3n) is 2.75. The van der Waals surface area contributed by atoms with Crippen LogP contribution in [-0.4, -0.2) is 16.1 Å². The van der Waals surface area contributed by atoms with E-state index in [1.54, 1.807) is 0 Å². The highest BCUT2D eigenvalue weighted by Crippen LogP contribution is 2.10. The van der Waals surface area contributed by atoms with Crippen LogP contribution in [-0.2, 0) is 24.2 Å². The summed E-state index contributed by atoms with van der Waals surface area (Å²) in [7, 11) is 0. The van der Waals surface area contributed by atoms with Crippen molar-refractivity contribution in [1.29, 1.82) is 0 Å². The van der Waals surface area contributed by atoms with Gasteiger partial charge in [0, 0.05) is 18.2 Å². The molecule has 0 radical (unpaired) electrons. The molecule has 0 saturated heterocycles. The second-order valence-electron chi connectivity index (χ2n) is 4.01. The molecule has 0 unspecified atom stereocenters. The van der Waals surface area contributed by atoms with Gasteiger partial charge in [-0.15, -0.1) is 0 Å². The Morgan fingerprint density at radius 1 is 1.29 bits per heavy atom. The number of benzene rings is 1. The van der Waals surface area contributed by atoms with E-state index < -0.39 is 0 Å². The molecule has 1 heterocycles. The SMILES string of the molecule is CCc1nn(Cc2ccccc2)cc1CC=O. The Bertz CT molecular complexity index is 488. The Hall–Kier alpha value is -1.90. The molecule has 0 aliphatic heterocycles. The van der Waals surface area contributed by atoms with Crippen LogP contribution in [0, 0.1) is 0 Å². The summed E-state index contributed by atoms with van der Waals surface area (Å²) in [6.45, 7) is 2.82. The first kappa shape index (κ1) is 11.6. The minimum absolute atomic E-state index is 0.456. The lowest BCUT2D eigenvalue weighted by atomic mass is 10.1. The maximum atomic E-state index is 10.6. The number of rotatable bonds is 5. The Morgan fingerprint density at radius 3 is 2.71 bits per heavy atom. The third kappa shape index (κ3) is 2.81. The molecule has 0 fully saturated rings. The Kier molecular flexibility index (Phi) is 3.70. The lowest BCUT2D eigenvalue weighted by molar-refractivity contribution is -0.107. The molecule has 0 saturated carbocycles. The maximum absolute atomic E-state index is 10.6. The molecule has 0 atom stereocenters. The van der Waals surface area contributed by atoms with Gasteiger partial charge in [-0.25, -0.2) is 0 Å². The van der Waals surface area contributed by atoms with Crippen molar-refractivity contribution in [1.82, 2.24) is 9.78 Å². The fraction of sp³-hybridized carbons (Fsp3) is 0.286. The summed E-state index contributed by atoms with van der Waals surface area (Å²) in [5, 5.41) is 4.50. The fourth-order valence-electron chi connectivity index (χ4n) is 1.91. The van der Waals surface area contributed by atoms with Crippen molar-refractivity contribution in [3.8, 4) is 0 Å². The molecule has 0 aliphatic rings. The molecule has 2 aromatic rings. The fourth-order valence-corrected chi connectivity index (χ4v) is 1.91. The lowest BCUT2D eigenvalue weighted by Gasteiger charge is -2.00. The van der Waals surface area contributed by atoms with E-state index in [1.165, 1.54) is 5.56 Å². The van der Waals surface area contributed by atoms with Crippen LogP contribution in [0.2, 0.25) is 0 Å².